The Hall–Kier alpha value is -0.900. The summed E-state index contributed by atoms with van der Waals surface area (Å²) in [5.74, 6) is 0. The molecule has 0 amide bonds. The van der Waals surface area contributed by atoms with E-state index in [4.69, 9.17) is 9.47 Å². The lowest BCUT2D eigenvalue weighted by molar-refractivity contribution is -0.104. The minimum atomic E-state index is 0.254. The monoisotopic (exact) mass is 291 g/mol. The molecule has 3 nitrogen and oxygen atoms in total. The van der Waals surface area contributed by atoms with Gasteiger partial charge in [0.1, 0.15) is 0 Å². The topological polar surface area (TPSA) is 30.5 Å². The standard InChI is InChI=1S/C18H29NO2/c1-5-15-6-8-16(9-7-15)18(19-4)12-20-17-10-13(2)21-14(3)11-17/h6-9,13-14,17-19H,5,10-12H2,1-4H3. The van der Waals surface area contributed by atoms with Gasteiger partial charge in [-0.15, -0.1) is 0 Å². The molecule has 3 atom stereocenters. The first-order valence-electron chi connectivity index (χ1n) is 8.15. The summed E-state index contributed by atoms with van der Waals surface area (Å²) < 4.78 is 11.9. The maximum Gasteiger partial charge on any atom is 0.0665 e. The first kappa shape index (κ1) is 16.5. The number of benzene rings is 1. The van der Waals surface area contributed by atoms with Gasteiger partial charge in [-0.1, -0.05) is 31.2 Å². The van der Waals surface area contributed by atoms with Crippen molar-refractivity contribution in [1.29, 1.82) is 0 Å². The predicted molar refractivity (Wildman–Crippen MR) is 86.6 cm³/mol. The van der Waals surface area contributed by atoms with E-state index >= 15 is 0 Å². The van der Waals surface area contributed by atoms with E-state index in [9.17, 15) is 0 Å². The van der Waals surface area contributed by atoms with Gasteiger partial charge in [0.15, 0.2) is 0 Å². The fraction of sp³-hybridized carbons (Fsp3) is 0.667. The van der Waals surface area contributed by atoms with Gasteiger partial charge in [-0.3, -0.25) is 0 Å². The van der Waals surface area contributed by atoms with Crippen molar-refractivity contribution in [1.82, 2.24) is 5.32 Å². The van der Waals surface area contributed by atoms with Gasteiger partial charge in [0.05, 0.1) is 31.0 Å². The van der Waals surface area contributed by atoms with Crippen molar-refractivity contribution < 1.29 is 9.47 Å². The highest BCUT2D eigenvalue weighted by Gasteiger charge is 2.25. The molecule has 0 bridgehead atoms. The number of likely N-dealkylation sites (N-methyl/N-ethyl adjacent to an activating group) is 1. The fourth-order valence-corrected chi connectivity index (χ4v) is 3.04. The molecule has 3 heteroatoms. The van der Waals surface area contributed by atoms with Gasteiger partial charge in [-0.05, 0) is 51.3 Å². The molecule has 1 N–H and O–H groups in total. The van der Waals surface area contributed by atoms with Crippen LogP contribution in [0.2, 0.25) is 0 Å². The molecule has 1 saturated heterocycles. The third-order valence-electron chi connectivity index (χ3n) is 4.29. The van der Waals surface area contributed by atoms with E-state index in [2.05, 4.69) is 50.4 Å². The summed E-state index contributed by atoms with van der Waals surface area (Å²) in [6.45, 7) is 7.16. The number of aryl methyl sites for hydroxylation is 1. The molecule has 2 rings (SSSR count). The van der Waals surface area contributed by atoms with Crippen molar-refractivity contribution in [3.8, 4) is 0 Å². The van der Waals surface area contributed by atoms with Crippen LogP contribution in [0.1, 0.15) is 50.8 Å². The smallest absolute Gasteiger partial charge is 0.0665 e. The normalized spacial score (nSPS) is 27.5. The van der Waals surface area contributed by atoms with Gasteiger partial charge < -0.3 is 14.8 Å². The van der Waals surface area contributed by atoms with E-state index in [0.717, 1.165) is 19.3 Å². The van der Waals surface area contributed by atoms with Crippen LogP contribution in [0.25, 0.3) is 0 Å². The quantitative estimate of drug-likeness (QED) is 0.870. The second-order valence-electron chi connectivity index (χ2n) is 6.12. The summed E-state index contributed by atoms with van der Waals surface area (Å²) in [6.07, 6.45) is 3.99. The second-order valence-corrected chi connectivity index (χ2v) is 6.12. The molecule has 1 fully saturated rings. The van der Waals surface area contributed by atoms with Crippen LogP contribution >= 0.6 is 0 Å². The molecule has 3 unspecified atom stereocenters. The first-order chi connectivity index (χ1) is 10.1. The minimum absolute atomic E-state index is 0.254. The maximum atomic E-state index is 6.15. The number of hydrogen-bond donors (Lipinski definition) is 1. The number of rotatable bonds is 6. The average molecular weight is 291 g/mol. The van der Waals surface area contributed by atoms with Crippen molar-refractivity contribution in [3.63, 3.8) is 0 Å². The highest BCUT2D eigenvalue weighted by atomic mass is 16.5. The molecule has 1 aromatic carbocycles. The van der Waals surface area contributed by atoms with Gasteiger partial charge in [0.25, 0.3) is 0 Å². The lowest BCUT2D eigenvalue weighted by Gasteiger charge is -2.33. The van der Waals surface area contributed by atoms with Crippen molar-refractivity contribution in [2.24, 2.45) is 0 Å². The molecule has 0 spiro atoms. The number of nitrogens with one attached hydrogen (secondary N) is 1. The largest absolute Gasteiger partial charge is 0.376 e. The molecule has 21 heavy (non-hydrogen) atoms. The van der Waals surface area contributed by atoms with Crippen LogP contribution in [-0.4, -0.2) is 32.0 Å². The molecule has 0 radical (unpaired) electrons. The third kappa shape index (κ3) is 4.80. The summed E-state index contributed by atoms with van der Waals surface area (Å²) in [6, 6.07) is 9.08. The Morgan fingerprint density at radius 1 is 1.19 bits per heavy atom. The van der Waals surface area contributed by atoms with E-state index in [-0.39, 0.29) is 6.04 Å². The lowest BCUT2D eigenvalue weighted by atomic mass is 10.0. The molecule has 1 heterocycles. The average Bonchev–Trinajstić information content (AvgIpc) is 2.47. The summed E-state index contributed by atoms with van der Waals surface area (Å²) in [5.41, 5.74) is 2.67. The molecule has 0 saturated carbocycles. The van der Waals surface area contributed by atoms with Gasteiger partial charge in [0.2, 0.25) is 0 Å². The fourth-order valence-electron chi connectivity index (χ4n) is 3.04. The Kier molecular flexibility index (Phi) is 6.22. The summed E-state index contributed by atoms with van der Waals surface area (Å²) in [7, 11) is 2.00. The Bertz CT molecular complexity index is 408. The zero-order valence-electron chi connectivity index (χ0n) is 13.8. The van der Waals surface area contributed by atoms with Gasteiger partial charge in [-0.25, -0.2) is 0 Å². The van der Waals surface area contributed by atoms with E-state index in [1.165, 1.54) is 11.1 Å². The number of ether oxygens (including phenoxy) is 2. The molecular formula is C18H29NO2. The highest BCUT2D eigenvalue weighted by Crippen LogP contribution is 2.23. The Morgan fingerprint density at radius 2 is 1.81 bits per heavy atom. The lowest BCUT2D eigenvalue weighted by Crippen LogP contribution is -2.35. The summed E-state index contributed by atoms with van der Waals surface area (Å²) in [5, 5.41) is 3.36. The predicted octanol–water partition coefficient (Wildman–Crippen LogP) is 3.48. The summed E-state index contributed by atoms with van der Waals surface area (Å²) >= 11 is 0. The molecule has 0 aromatic heterocycles. The zero-order valence-corrected chi connectivity index (χ0v) is 13.8. The Labute approximate surface area is 129 Å². The van der Waals surface area contributed by atoms with Crippen molar-refractivity contribution in [3.05, 3.63) is 35.4 Å². The summed E-state index contributed by atoms with van der Waals surface area (Å²) in [4.78, 5) is 0. The minimum Gasteiger partial charge on any atom is -0.376 e. The van der Waals surface area contributed by atoms with Crippen LogP contribution < -0.4 is 5.32 Å². The second kappa shape index (κ2) is 7.92. The molecule has 118 valence electrons. The Balaban J connectivity index is 1.89. The van der Waals surface area contributed by atoms with Crippen LogP contribution in [0.15, 0.2) is 24.3 Å². The van der Waals surface area contributed by atoms with E-state index in [1.54, 1.807) is 0 Å². The van der Waals surface area contributed by atoms with Crippen LogP contribution in [0.5, 0.6) is 0 Å². The van der Waals surface area contributed by atoms with Crippen LogP contribution in [0.4, 0.5) is 0 Å². The van der Waals surface area contributed by atoms with Crippen LogP contribution in [-0.2, 0) is 15.9 Å². The maximum absolute atomic E-state index is 6.15. The first-order valence-corrected chi connectivity index (χ1v) is 8.15. The van der Waals surface area contributed by atoms with Crippen molar-refractivity contribution in [2.45, 2.75) is 64.4 Å². The molecule has 1 aromatic rings. The van der Waals surface area contributed by atoms with Gasteiger partial charge in [-0.2, -0.15) is 0 Å². The molecule has 0 aliphatic carbocycles. The van der Waals surface area contributed by atoms with Crippen molar-refractivity contribution in [2.75, 3.05) is 13.7 Å². The SMILES string of the molecule is CCc1ccc(C(COC2CC(C)OC(C)C2)NC)cc1. The van der Waals surface area contributed by atoms with Crippen LogP contribution in [0.3, 0.4) is 0 Å². The zero-order chi connectivity index (χ0) is 15.2. The van der Waals surface area contributed by atoms with Crippen LogP contribution in [0, 0.1) is 0 Å². The van der Waals surface area contributed by atoms with E-state index in [0.29, 0.717) is 24.9 Å². The third-order valence-corrected chi connectivity index (χ3v) is 4.29. The molecular weight excluding hydrogens is 262 g/mol. The number of hydrogen-bond acceptors (Lipinski definition) is 3. The van der Waals surface area contributed by atoms with Gasteiger partial charge in [0, 0.05) is 0 Å². The molecule has 1 aliphatic rings. The van der Waals surface area contributed by atoms with E-state index in [1.807, 2.05) is 7.05 Å². The highest BCUT2D eigenvalue weighted by molar-refractivity contribution is 5.25. The Morgan fingerprint density at radius 3 is 2.33 bits per heavy atom. The molecule has 1 aliphatic heterocycles. The van der Waals surface area contributed by atoms with Gasteiger partial charge >= 0.3 is 0 Å². The van der Waals surface area contributed by atoms with Crippen molar-refractivity contribution >= 4 is 0 Å². The van der Waals surface area contributed by atoms with E-state index < -0.39 is 0 Å².